The third kappa shape index (κ3) is 7.74. The van der Waals surface area contributed by atoms with E-state index in [1.54, 1.807) is 18.7 Å². The summed E-state index contributed by atoms with van der Waals surface area (Å²) >= 11 is 1.72. The Morgan fingerprint density at radius 2 is 1.89 bits per heavy atom. The Bertz CT molecular complexity index is 380. The number of amides is 2. The van der Waals surface area contributed by atoms with Crippen molar-refractivity contribution in [3.63, 3.8) is 0 Å². The molecule has 0 heterocycles. The predicted octanol–water partition coefficient (Wildman–Crippen LogP) is 2.16. The zero-order valence-corrected chi connectivity index (χ0v) is 12.3. The normalized spacial score (nSPS) is 11.9. The molecule has 0 spiro atoms. The fourth-order valence-electron chi connectivity index (χ4n) is 1.43. The zero-order valence-electron chi connectivity index (χ0n) is 11.5. The number of urea groups is 1. The number of carbonyl (C=O) groups is 1. The van der Waals surface area contributed by atoms with Gasteiger partial charge in [0.2, 0.25) is 0 Å². The van der Waals surface area contributed by atoms with E-state index in [0.717, 1.165) is 5.75 Å². The third-order valence-corrected chi connectivity index (χ3v) is 3.54. The molecule has 1 aromatic carbocycles. The first-order chi connectivity index (χ1) is 9.08. The smallest absolute Gasteiger partial charge is 0.314 e. The van der Waals surface area contributed by atoms with E-state index in [9.17, 15) is 4.79 Å². The standard InChI is InChI=1S/C14H22N2O2S/c1-11-3-5-13(6-4-11)19-10-9-16-14(18)15-8-7-12(2)17/h3-6,12,17H,7-10H2,1-2H3,(H2,15,16,18). The van der Waals surface area contributed by atoms with E-state index >= 15 is 0 Å². The number of aliphatic hydroxyl groups excluding tert-OH is 1. The molecule has 2 amide bonds. The van der Waals surface area contributed by atoms with Crippen molar-refractivity contribution in [2.24, 2.45) is 0 Å². The van der Waals surface area contributed by atoms with Crippen molar-refractivity contribution in [1.82, 2.24) is 10.6 Å². The number of benzene rings is 1. The number of hydrogen-bond acceptors (Lipinski definition) is 3. The highest BCUT2D eigenvalue weighted by molar-refractivity contribution is 7.99. The molecule has 4 nitrogen and oxygen atoms in total. The highest BCUT2D eigenvalue weighted by atomic mass is 32.2. The minimum Gasteiger partial charge on any atom is -0.393 e. The zero-order chi connectivity index (χ0) is 14.1. The average molecular weight is 282 g/mol. The summed E-state index contributed by atoms with van der Waals surface area (Å²) in [6, 6.07) is 8.16. The number of nitrogens with one attached hydrogen (secondary N) is 2. The Kier molecular flexibility index (Phi) is 7.36. The molecule has 0 bridgehead atoms. The maximum Gasteiger partial charge on any atom is 0.314 e. The first kappa shape index (κ1) is 15.9. The Labute approximate surface area is 119 Å². The first-order valence-corrected chi connectivity index (χ1v) is 7.45. The Hall–Kier alpha value is -1.20. The average Bonchev–Trinajstić information content (AvgIpc) is 2.36. The van der Waals surface area contributed by atoms with Crippen molar-refractivity contribution in [3.05, 3.63) is 29.8 Å². The summed E-state index contributed by atoms with van der Waals surface area (Å²) in [5.41, 5.74) is 1.25. The van der Waals surface area contributed by atoms with Crippen molar-refractivity contribution >= 4 is 17.8 Å². The molecule has 1 unspecified atom stereocenters. The predicted molar refractivity (Wildman–Crippen MR) is 79.6 cm³/mol. The lowest BCUT2D eigenvalue weighted by Crippen LogP contribution is -2.37. The van der Waals surface area contributed by atoms with Gasteiger partial charge in [-0.05, 0) is 32.4 Å². The molecule has 0 saturated heterocycles. The van der Waals surface area contributed by atoms with E-state index in [-0.39, 0.29) is 12.1 Å². The minimum atomic E-state index is -0.377. The topological polar surface area (TPSA) is 61.4 Å². The van der Waals surface area contributed by atoms with Crippen LogP contribution in [0.15, 0.2) is 29.2 Å². The maximum atomic E-state index is 11.4. The molecule has 1 atom stereocenters. The van der Waals surface area contributed by atoms with Gasteiger partial charge in [-0.3, -0.25) is 0 Å². The summed E-state index contributed by atoms with van der Waals surface area (Å²) in [6.45, 7) is 4.89. The van der Waals surface area contributed by atoms with Gasteiger partial charge in [-0.25, -0.2) is 4.79 Å². The summed E-state index contributed by atoms with van der Waals surface area (Å²) in [6.07, 6.45) is 0.198. The van der Waals surface area contributed by atoms with Crippen molar-refractivity contribution in [1.29, 1.82) is 0 Å². The van der Waals surface area contributed by atoms with Crippen LogP contribution >= 0.6 is 11.8 Å². The quantitative estimate of drug-likeness (QED) is 0.530. The van der Waals surface area contributed by atoms with Crippen LogP contribution in [0.5, 0.6) is 0 Å². The third-order valence-electron chi connectivity index (χ3n) is 2.53. The molecule has 0 saturated carbocycles. The van der Waals surface area contributed by atoms with Gasteiger partial charge in [0.05, 0.1) is 6.10 Å². The molecule has 0 radical (unpaired) electrons. The van der Waals surface area contributed by atoms with E-state index < -0.39 is 0 Å². The van der Waals surface area contributed by atoms with Crippen LogP contribution in [0.4, 0.5) is 4.79 Å². The van der Waals surface area contributed by atoms with Gasteiger partial charge in [0, 0.05) is 23.7 Å². The van der Waals surface area contributed by atoms with Crippen molar-refractivity contribution in [2.75, 3.05) is 18.8 Å². The molecule has 5 heteroatoms. The summed E-state index contributed by atoms with van der Waals surface area (Å²) in [7, 11) is 0. The van der Waals surface area contributed by atoms with Crippen molar-refractivity contribution in [2.45, 2.75) is 31.3 Å². The van der Waals surface area contributed by atoms with Crippen LogP contribution in [0.1, 0.15) is 18.9 Å². The minimum absolute atomic E-state index is 0.176. The number of aryl methyl sites for hydroxylation is 1. The molecule has 0 aliphatic rings. The van der Waals surface area contributed by atoms with Gasteiger partial charge in [0.15, 0.2) is 0 Å². The second kappa shape index (κ2) is 8.82. The molecule has 0 fully saturated rings. The Morgan fingerprint density at radius 1 is 1.26 bits per heavy atom. The van der Waals surface area contributed by atoms with Gasteiger partial charge >= 0.3 is 6.03 Å². The van der Waals surface area contributed by atoms with E-state index in [1.807, 2.05) is 0 Å². The van der Waals surface area contributed by atoms with Gasteiger partial charge in [-0.15, -0.1) is 11.8 Å². The molecule has 1 aromatic rings. The highest BCUT2D eigenvalue weighted by Crippen LogP contribution is 2.17. The molecule has 0 aliphatic carbocycles. The van der Waals surface area contributed by atoms with Crippen LogP contribution in [-0.4, -0.2) is 36.1 Å². The fourth-order valence-corrected chi connectivity index (χ4v) is 2.19. The summed E-state index contributed by atoms with van der Waals surface area (Å²) in [5, 5.41) is 14.5. The maximum absolute atomic E-state index is 11.4. The number of aliphatic hydroxyl groups is 1. The van der Waals surface area contributed by atoms with Crippen LogP contribution < -0.4 is 10.6 Å². The summed E-state index contributed by atoms with van der Waals surface area (Å²) in [4.78, 5) is 12.6. The monoisotopic (exact) mass is 282 g/mol. The van der Waals surface area contributed by atoms with E-state index in [1.165, 1.54) is 10.5 Å². The SMILES string of the molecule is Cc1ccc(SCCNC(=O)NCCC(C)O)cc1. The van der Waals surface area contributed by atoms with Crippen LogP contribution in [0.2, 0.25) is 0 Å². The molecule has 0 aromatic heterocycles. The van der Waals surface area contributed by atoms with E-state index in [0.29, 0.717) is 19.5 Å². The van der Waals surface area contributed by atoms with Crippen LogP contribution in [0.3, 0.4) is 0 Å². The van der Waals surface area contributed by atoms with Gasteiger partial charge in [-0.1, -0.05) is 17.7 Å². The number of rotatable bonds is 7. The van der Waals surface area contributed by atoms with Crippen molar-refractivity contribution < 1.29 is 9.90 Å². The summed E-state index contributed by atoms with van der Waals surface area (Å²) < 4.78 is 0. The highest BCUT2D eigenvalue weighted by Gasteiger charge is 2.01. The molecule has 1 rings (SSSR count). The Morgan fingerprint density at radius 3 is 2.53 bits per heavy atom. The number of hydrogen-bond donors (Lipinski definition) is 3. The lowest BCUT2D eigenvalue weighted by molar-refractivity contribution is 0.183. The van der Waals surface area contributed by atoms with Crippen LogP contribution in [-0.2, 0) is 0 Å². The lowest BCUT2D eigenvalue weighted by atomic mass is 10.2. The van der Waals surface area contributed by atoms with Crippen LogP contribution in [0, 0.1) is 6.92 Å². The second-order valence-corrected chi connectivity index (χ2v) is 5.65. The second-order valence-electron chi connectivity index (χ2n) is 4.48. The molecule has 3 N–H and O–H groups in total. The van der Waals surface area contributed by atoms with Gasteiger partial charge in [-0.2, -0.15) is 0 Å². The number of thioether (sulfide) groups is 1. The van der Waals surface area contributed by atoms with Gasteiger partial charge < -0.3 is 15.7 Å². The van der Waals surface area contributed by atoms with Crippen LogP contribution in [0.25, 0.3) is 0 Å². The molecular weight excluding hydrogens is 260 g/mol. The van der Waals surface area contributed by atoms with Crippen molar-refractivity contribution in [3.8, 4) is 0 Å². The molecular formula is C14H22N2O2S. The largest absolute Gasteiger partial charge is 0.393 e. The van der Waals surface area contributed by atoms with Gasteiger partial charge in [0.25, 0.3) is 0 Å². The summed E-state index contributed by atoms with van der Waals surface area (Å²) in [5.74, 6) is 0.840. The molecule has 106 valence electrons. The number of carbonyl (C=O) groups excluding carboxylic acids is 1. The van der Waals surface area contributed by atoms with E-state index in [2.05, 4.69) is 41.8 Å². The molecule has 0 aliphatic heterocycles. The lowest BCUT2D eigenvalue weighted by Gasteiger charge is -2.08. The Balaban J connectivity index is 2.07. The first-order valence-electron chi connectivity index (χ1n) is 6.47. The van der Waals surface area contributed by atoms with Gasteiger partial charge in [0.1, 0.15) is 0 Å². The van der Waals surface area contributed by atoms with E-state index in [4.69, 9.17) is 5.11 Å². The molecule has 19 heavy (non-hydrogen) atoms. The fraction of sp³-hybridized carbons (Fsp3) is 0.500.